The summed E-state index contributed by atoms with van der Waals surface area (Å²) in [7, 11) is 3.42. The van der Waals surface area contributed by atoms with E-state index < -0.39 is 0 Å². The highest BCUT2D eigenvalue weighted by atomic mass is 32.2. The van der Waals surface area contributed by atoms with Gasteiger partial charge < -0.3 is 9.47 Å². The molecular weight excluding hydrogens is 220 g/mol. The number of ether oxygens (including phenoxy) is 2. The molecule has 0 aliphatic carbocycles. The van der Waals surface area contributed by atoms with Gasteiger partial charge in [0, 0.05) is 20.8 Å². The fraction of sp³-hybridized carbons (Fsp3) is 1.00. The van der Waals surface area contributed by atoms with Crippen LogP contribution in [0.5, 0.6) is 0 Å². The lowest BCUT2D eigenvalue weighted by molar-refractivity contribution is -0.00297. The van der Waals surface area contributed by atoms with Crippen LogP contribution >= 0.6 is 11.8 Å². The van der Waals surface area contributed by atoms with Crippen LogP contribution in [0.3, 0.4) is 0 Å². The molecule has 0 fully saturated rings. The van der Waals surface area contributed by atoms with Crippen molar-refractivity contribution in [3.05, 3.63) is 0 Å². The van der Waals surface area contributed by atoms with Gasteiger partial charge in [0.25, 0.3) is 0 Å². The van der Waals surface area contributed by atoms with E-state index in [1.807, 2.05) is 25.6 Å². The van der Waals surface area contributed by atoms with Crippen molar-refractivity contribution in [2.45, 2.75) is 46.1 Å². The van der Waals surface area contributed by atoms with Crippen molar-refractivity contribution in [3.63, 3.8) is 0 Å². The number of methoxy groups -OCH3 is 2. The third kappa shape index (κ3) is 16.7. The van der Waals surface area contributed by atoms with E-state index in [0.717, 1.165) is 18.9 Å². The van der Waals surface area contributed by atoms with Gasteiger partial charge in [0.2, 0.25) is 0 Å². The summed E-state index contributed by atoms with van der Waals surface area (Å²) in [5, 5.41) is 0. The van der Waals surface area contributed by atoms with E-state index in [9.17, 15) is 0 Å². The van der Waals surface area contributed by atoms with E-state index in [4.69, 9.17) is 9.47 Å². The molecule has 0 saturated carbocycles. The summed E-state index contributed by atoms with van der Waals surface area (Å²) < 4.78 is 10.1. The summed E-state index contributed by atoms with van der Waals surface area (Å²) in [6.45, 7) is 9.38. The predicted octanol–water partition coefficient (Wildman–Crippen LogP) is 3.84. The Kier molecular flexibility index (Phi) is 13.7. The summed E-state index contributed by atoms with van der Waals surface area (Å²) in [6.07, 6.45) is 4.46. The summed E-state index contributed by atoms with van der Waals surface area (Å²) in [5.41, 5.74) is -0.0317. The maximum Gasteiger partial charge on any atom is 0.0644 e. The highest BCUT2D eigenvalue weighted by molar-refractivity contribution is 7.98. The normalized spacial score (nSPS) is 11.2. The maximum atomic E-state index is 5.16. The van der Waals surface area contributed by atoms with Crippen LogP contribution in [0.25, 0.3) is 0 Å². The van der Waals surface area contributed by atoms with E-state index in [1.165, 1.54) is 12.2 Å². The van der Waals surface area contributed by atoms with Crippen molar-refractivity contribution >= 4 is 11.8 Å². The second-order valence-electron chi connectivity index (χ2n) is 4.88. The van der Waals surface area contributed by atoms with E-state index >= 15 is 0 Å². The molecule has 0 aliphatic heterocycles. The lowest BCUT2D eigenvalue weighted by atomic mass is 10.1. The van der Waals surface area contributed by atoms with Crippen molar-refractivity contribution in [2.75, 3.05) is 32.8 Å². The Hall–Kier alpha value is 0.270. The van der Waals surface area contributed by atoms with E-state index in [-0.39, 0.29) is 5.60 Å². The van der Waals surface area contributed by atoms with Gasteiger partial charge in [-0.3, -0.25) is 0 Å². The summed E-state index contributed by atoms with van der Waals surface area (Å²) in [4.78, 5) is 0. The monoisotopic (exact) mass is 250 g/mol. The van der Waals surface area contributed by atoms with Crippen LogP contribution < -0.4 is 0 Å². The fourth-order valence-corrected chi connectivity index (χ4v) is 1.51. The molecule has 0 heterocycles. The zero-order chi connectivity index (χ0) is 13.0. The maximum absolute atomic E-state index is 5.16. The van der Waals surface area contributed by atoms with Crippen LogP contribution in [0.1, 0.15) is 40.5 Å². The number of rotatable bonds is 7. The molecule has 0 aliphatic rings. The standard InChI is InChI=1S/C7H16O2.C6H14S/c1-7(2,9-4)5-6-8-3;1-6(2)4-5-7-3/h5-6H2,1-4H3;6H,4-5H2,1-3H3. The summed E-state index contributed by atoms with van der Waals surface area (Å²) >= 11 is 1.93. The molecule has 3 heteroatoms. The van der Waals surface area contributed by atoms with Crippen molar-refractivity contribution in [3.8, 4) is 0 Å². The topological polar surface area (TPSA) is 18.5 Å². The van der Waals surface area contributed by atoms with Gasteiger partial charge in [-0.05, 0) is 44.6 Å². The Morgan fingerprint density at radius 1 is 1.19 bits per heavy atom. The molecule has 0 saturated heterocycles. The molecule has 100 valence electrons. The first-order valence-electron chi connectivity index (χ1n) is 5.92. The van der Waals surface area contributed by atoms with E-state index in [1.54, 1.807) is 14.2 Å². The van der Waals surface area contributed by atoms with Gasteiger partial charge in [0.15, 0.2) is 0 Å². The third-order valence-corrected chi connectivity index (χ3v) is 3.00. The Bertz CT molecular complexity index is 136. The van der Waals surface area contributed by atoms with Gasteiger partial charge in [-0.25, -0.2) is 0 Å². The quantitative estimate of drug-likeness (QED) is 0.684. The van der Waals surface area contributed by atoms with Crippen LogP contribution in [0.15, 0.2) is 0 Å². The van der Waals surface area contributed by atoms with Crippen LogP contribution in [0.4, 0.5) is 0 Å². The molecule has 0 atom stereocenters. The minimum absolute atomic E-state index is 0.0317. The van der Waals surface area contributed by atoms with Gasteiger partial charge >= 0.3 is 0 Å². The van der Waals surface area contributed by atoms with E-state index in [0.29, 0.717) is 0 Å². The van der Waals surface area contributed by atoms with Crippen LogP contribution in [-0.4, -0.2) is 38.4 Å². The first kappa shape index (κ1) is 18.6. The minimum atomic E-state index is -0.0317. The smallest absolute Gasteiger partial charge is 0.0644 e. The first-order valence-corrected chi connectivity index (χ1v) is 7.32. The number of thioether (sulfide) groups is 1. The summed E-state index contributed by atoms with van der Waals surface area (Å²) in [6, 6.07) is 0. The average molecular weight is 250 g/mol. The molecule has 0 unspecified atom stereocenters. The lowest BCUT2D eigenvalue weighted by Crippen LogP contribution is -2.23. The largest absolute Gasteiger partial charge is 0.385 e. The Labute approximate surface area is 106 Å². The zero-order valence-corrected chi connectivity index (χ0v) is 12.9. The predicted molar refractivity (Wildman–Crippen MR) is 75.4 cm³/mol. The fourth-order valence-electron chi connectivity index (χ4n) is 0.803. The van der Waals surface area contributed by atoms with Gasteiger partial charge in [-0.2, -0.15) is 11.8 Å². The highest BCUT2D eigenvalue weighted by Gasteiger charge is 2.14. The SMILES string of the molecule is COCCC(C)(C)OC.CSCCC(C)C. The average Bonchev–Trinajstić information content (AvgIpc) is 2.24. The second-order valence-corrected chi connectivity index (χ2v) is 5.87. The van der Waals surface area contributed by atoms with Crippen molar-refractivity contribution in [1.82, 2.24) is 0 Å². The third-order valence-electron chi connectivity index (χ3n) is 2.36. The summed E-state index contributed by atoms with van der Waals surface area (Å²) in [5.74, 6) is 2.20. The van der Waals surface area contributed by atoms with Gasteiger partial charge in [0.05, 0.1) is 5.60 Å². The van der Waals surface area contributed by atoms with Crippen molar-refractivity contribution in [2.24, 2.45) is 5.92 Å². The molecule has 0 bridgehead atoms. The number of hydrogen-bond acceptors (Lipinski definition) is 3. The zero-order valence-electron chi connectivity index (χ0n) is 12.1. The lowest BCUT2D eigenvalue weighted by Gasteiger charge is -2.21. The van der Waals surface area contributed by atoms with Gasteiger partial charge in [-0.1, -0.05) is 13.8 Å². The van der Waals surface area contributed by atoms with Crippen LogP contribution in [0.2, 0.25) is 0 Å². The van der Waals surface area contributed by atoms with Crippen molar-refractivity contribution in [1.29, 1.82) is 0 Å². The van der Waals surface area contributed by atoms with Crippen LogP contribution in [0, 0.1) is 5.92 Å². The molecule has 0 aromatic rings. The van der Waals surface area contributed by atoms with Gasteiger partial charge in [-0.15, -0.1) is 0 Å². The molecule has 16 heavy (non-hydrogen) atoms. The van der Waals surface area contributed by atoms with Gasteiger partial charge in [0.1, 0.15) is 0 Å². The Morgan fingerprint density at radius 3 is 2.00 bits per heavy atom. The van der Waals surface area contributed by atoms with E-state index in [2.05, 4.69) is 20.1 Å². The first-order chi connectivity index (χ1) is 7.39. The number of hydrogen-bond donors (Lipinski definition) is 0. The molecule has 0 aromatic carbocycles. The molecule has 0 aromatic heterocycles. The molecule has 0 rings (SSSR count). The molecule has 0 spiro atoms. The Morgan fingerprint density at radius 2 is 1.75 bits per heavy atom. The van der Waals surface area contributed by atoms with Crippen molar-refractivity contribution < 1.29 is 9.47 Å². The minimum Gasteiger partial charge on any atom is -0.385 e. The Balaban J connectivity index is 0. The van der Waals surface area contributed by atoms with Crippen LogP contribution in [-0.2, 0) is 9.47 Å². The molecule has 0 radical (unpaired) electrons. The molecule has 0 N–H and O–H groups in total. The molecular formula is C13H30O2S. The molecule has 0 amide bonds. The molecule has 2 nitrogen and oxygen atoms in total. The second kappa shape index (κ2) is 11.7. The highest BCUT2D eigenvalue weighted by Crippen LogP contribution is 2.11.